The average molecular weight is 461 g/mol. The molecule has 1 N–H and O–H groups in total. The summed E-state index contributed by atoms with van der Waals surface area (Å²) >= 11 is 7.64. The number of fused-ring (bicyclic) bond motifs is 1. The number of aromatic nitrogens is 2. The molecule has 0 radical (unpaired) electrons. The Balaban J connectivity index is 1.73. The molecule has 1 amide bonds. The number of piperidine rings is 1. The molecule has 0 aliphatic carbocycles. The molecule has 3 aromatic rings. The van der Waals surface area contributed by atoms with Crippen molar-refractivity contribution in [1.82, 2.24) is 9.97 Å². The van der Waals surface area contributed by atoms with Crippen molar-refractivity contribution >= 4 is 50.6 Å². The van der Waals surface area contributed by atoms with Crippen LogP contribution in [-0.4, -0.2) is 43.2 Å². The van der Waals surface area contributed by atoms with Crippen LogP contribution in [0.2, 0.25) is 5.02 Å². The minimum atomic E-state index is -0.234. The van der Waals surface area contributed by atoms with Crippen LogP contribution in [0.25, 0.3) is 10.2 Å². The Hall–Kier alpha value is -2.58. The summed E-state index contributed by atoms with van der Waals surface area (Å²) in [7, 11) is 3.06. The highest BCUT2D eigenvalue weighted by atomic mass is 35.5. The number of ether oxygens (including phenoxy) is 2. The first kappa shape index (κ1) is 21.6. The summed E-state index contributed by atoms with van der Waals surface area (Å²) < 4.78 is 10.6. The Labute approximate surface area is 190 Å². The second-order valence-electron chi connectivity index (χ2n) is 7.52. The Bertz CT molecular complexity index is 1140. The van der Waals surface area contributed by atoms with Gasteiger partial charge in [-0.1, -0.05) is 11.6 Å². The third-order valence-electron chi connectivity index (χ3n) is 5.47. The van der Waals surface area contributed by atoms with Crippen molar-refractivity contribution in [3.05, 3.63) is 33.4 Å². The molecule has 2 aromatic heterocycles. The van der Waals surface area contributed by atoms with Crippen LogP contribution in [0.5, 0.6) is 11.5 Å². The lowest BCUT2D eigenvalue weighted by atomic mass is 10.1. The van der Waals surface area contributed by atoms with Gasteiger partial charge in [0.05, 0.1) is 35.2 Å². The van der Waals surface area contributed by atoms with E-state index in [1.807, 2.05) is 13.8 Å². The van der Waals surface area contributed by atoms with E-state index >= 15 is 0 Å². The van der Waals surface area contributed by atoms with Gasteiger partial charge in [0, 0.05) is 19.2 Å². The quantitative estimate of drug-likeness (QED) is 0.562. The number of nitrogens with one attached hydrogen (secondary N) is 1. The van der Waals surface area contributed by atoms with Crippen LogP contribution in [0.1, 0.15) is 40.3 Å². The molecule has 0 atom stereocenters. The van der Waals surface area contributed by atoms with E-state index in [-0.39, 0.29) is 5.91 Å². The molecule has 0 spiro atoms. The van der Waals surface area contributed by atoms with Gasteiger partial charge in [-0.2, -0.15) is 0 Å². The fourth-order valence-corrected chi connectivity index (χ4v) is 5.27. The van der Waals surface area contributed by atoms with Gasteiger partial charge >= 0.3 is 0 Å². The normalized spacial score (nSPS) is 14.0. The van der Waals surface area contributed by atoms with Crippen molar-refractivity contribution < 1.29 is 14.3 Å². The number of benzene rings is 1. The predicted molar refractivity (Wildman–Crippen MR) is 125 cm³/mol. The van der Waals surface area contributed by atoms with Crippen molar-refractivity contribution in [2.24, 2.45) is 0 Å². The van der Waals surface area contributed by atoms with E-state index in [0.717, 1.165) is 47.5 Å². The number of methoxy groups -OCH3 is 2. The van der Waals surface area contributed by atoms with Crippen molar-refractivity contribution in [3.8, 4) is 11.5 Å². The number of rotatable bonds is 5. The fraction of sp³-hybridized carbons (Fsp3) is 0.409. The molecule has 1 aromatic carbocycles. The molecule has 0 saturated carbocycles. The zero-order valence-electron chi connectivity index (χ0n) is 18.0. The minimum absolute atomic E-state index is 0.234. The zero-order valence-corrected chi connectivity index (χ0v) is 19.6. The number of aryl methyl sites for hydroxylation is 2. The Kier molecular flexibility index (Phi) is 6.20. The molecule has 1 aliphatic heterocycles. The first-order valence-electron chi connectivity index (χ1n) is 10.2. The van der Waals surface area contributed by atoms with Crippen molar-refractivity contribution in [1.29, 1.82) is 0 Å². The van der Waals surface area contributed by atoms with E-state index in [2.05, 4.69) is 15.2 Å². The van der Waals surface area contributed by atoms with Gasteiger partial charge in [-0.3, -0.25) is 4.79 Å². The molecule has 1 fully saturated rings. The number of amides is 1. The maximum absolute atomic E-state index is 13.2. The lowest BCUT2D eigenvalue weighted by Gasteiger charge is -2.28. The number of thiophene rings is 1. The van der Waals surface area contributed by atoms with Gasteiger partial charge in [-0.15, -0.1) is 11.3 Å². The SMILES string of the molecule is COc1cc(OC)c(NC(=O)c2sc3nc(C)nc(N4CCCCC4)c3c2C)cc1Cl. The number of nitrogens with zero attached hydrogens (tertiary/aromatic N) is 3. The van der Waals surface area contributed by atoms with Gasteiger partial charge in [0.25, 0.3) is 5.91 Å². The Morgan fingerprint density at radius 1 is 1.10 bits per heavy atom. The second kappa shape index (κ2) is 8.88. The lowest BCUT2D eigenvalue weighted by molar-refractivity contribution is 0.102. The van der Waals surface area contributed by atoms with Crippen molar-refractivity contribution in [2.75, 3.05) is 37.5 Å². The van der Waals surface area contributed by atoms with Gasteiger partial charge in [-0.25, -0.2) is 9.97 Å². The van der Waals surface area contributed by atoms with Crippen LogP contribution < -0.4 is 19.7 Å². The highest BCUT2D eigenvalue weighted by Crippen LogP contribution is 2.39. The molecular weight excluding hydrogens is 436 g/mol. The third kappa shape index (κ3) is 4.14. The number of carbonyl (C=O) groups excluding carboxylic acids is 1. The fourth-order valence-electron chi connectivity index (χ4n) is 3.91. The monoisotopic (exact) mass is 460 g/mol. The van der Waals surface area contributed by atoms with E-state index in [4.69, 9.17) is 26.1 Å². The summed E-state index contributed by atoms with van der Waals surface area (Å²) in [5, 5.41) is 4.28. The highest BCUT2D eigenvalue weighted by Gasteiger charge is 2.24. The lowest BCUT2D eigenvalue weighted by Crippen LogP contribution is -2.30. The molecule has 0 unspecified atom stereocenters. The second-order valence-corrected chi connectivity index (χ2v) is 8.93. The van der Waals surface area contributed by atoms with E-state index in [1.165, 1.54) is 32.0 Å². The zero-order chi connectivity index (χ0) is 22.1. The topological polar surface area (TPSA) is 76.6 Å². The van der Waals surface area contributed by atoms with Crippen molar-refractivity contribution in [3.63, 3.8) is 0 Å². The predicted octanol–water partition coefficient (Wildman–Crippen LogP) is 5.22. The molecule has 7 nitrogen and oxygen atoms in total. The Morgan fingerprint density at radius 3 is 2.48 bits per heavy atom. The molecule has 3 heterocycles. The number of hydrogen-bond acceptors (Lipinski definition) is 7. The summed E-state index contributed by atoms with van der Waals surface area (Å²) in [5.74, 6) is 2.36. The molecule has 4 rings (SSSR count). The molecule has 31 heavy (non-hydrogen) atoms. The summed E-state index contributed by atoms with van der Waals surface area (Å²) in [6, 6.07) is 3.28. The van der Waals surface area contributed by atoms with Gasteiger partial charge < -0.3 is 19.7 Å². The molecule has 1 aliphatic rings. The molecule has 164 valence electrons. The van der Waals surface area contributed by atoms with Gasteiger partial charge in [0.1, 0.15) is 28.0 Å². The maximum Gasteiger partial charge on any atom is 0.266 e. The first-order valence-corrected chi connectivity index (χ1v) is 11.4. The molecule has 9 heteroatoms. The van der Waals surface area contributed by atoms with Crippen molar-refractivity contribution in [2.45, 2.75) is 33.1 Å². The van der Waals surface area contributed by atoms with E-state index in [9.17, 15) is 4.79 Å². The van der Waals surface area contributed by atoms with Crippen LogP contribution >= 0.6 is 22.9 Å². The van der Waals surface area contributed by atoms with E-state index in [0.29, 0.717) is 32.9 Å². The minimum Gasteiger partial charge on any atom is -0.495 e. The summed E-state index contributed by atoms with van der Waals surface area (Å²) in [5.41, 5.74) is 1.37. The van der Waals surface area contributed by atoms with E-state index in [1.54, 1.807) is 12.1 Å². The largest absolute Gasteiger partial charge is 0.495 e. The van der Waals surface area contributed by atoms with Gasteiger partial charge in [0.2, 0.25) is 0 Å². The number of hydrogen-bond donors (Lipinski definition) is 1. The van der Waals surface area contributed by atoms with E-state index < -0.39 is 0 Å². The van der Waals surface area contributed by atoms with Gasteiger partial charge in [-0.05, 0) is 44.7 Å². The smallest absolute Gasteiger partial charge is 0.266 e. The summed E-state index contributed by atoms with van der Waals surface area (Å²) in [6.07, 6.45) is 3.55. The van der Waals surface area contributed by atoms with Crippen LogP contribution in [-0.2, 0) is 0 Å². The maximum atomic E-state index is 13.2. The Morgan fingerprint density at radius 2 is 1.81 bits per heavy atom. The van der Waals surface area contributed by atoms with Crippen LogP contribution in [0.3, 0.4) is 0 Å². The molecular formula is C22H25ClN4O3S. The standard InChI is InChI=1S/C22H25ClN4O3S/c1-12-18-20(27-8-6-5-7-9-27)24-13(2)25-22(18)31-19(12)21(28)26-15-10-14(23)16(29-3)11-17(15)30-4/h10-11H,5-9H2,1-4H3,(H,26,28). The van der Waals surface area contributed by atoms with Crippen LogP contribution in [0.4, 0.5) is 11.5 Å². The first-order chi connectivity index (χ1) is 14.9. The summed E-state index contributed by atoms with van der Waals surface area (Å²) in [6.45, 7) is 5.80. The van der Waals surface area contributed by atoms with Crippen LogP contribution in [0, 0.1) is 13.8 Å². The molecule has 1 saturated heterocycles. The van der Waals surface area contributed by atoms with Gasteiger partial charge in [0.15, 0.2) is 0 Å². The van der Waals surface area contributed by atoms with Crippen LogP contribution in [0.15, 0.2) is 12.1 Å². The number of halogens is 1. The number of anilines is 2. The number of carbonyl (C=O) groups is 1. The average Bonchev–Trinajstić information content (AvgIpc) is 3.10. The summed E-state index contributed by atoms with van der Waals surface area (Å²) in [4.78, 5) is 26.3. The third-order valence-corrected chi connectivity index (χ3v) is 6.95. The molecule has 0 bridgehead atoms. The highest BCUT2D eigenvalue weighted by molar-refractivity contribution is 7.20.